The van der Waals surface area contributed by atoms with Crippen molar-refractivity contribution in [2.45, 2.75) is 77.6 Å². The number of aromatic amines is 1. The summed E-state index contributed by atoms with van der Waals surface area (Å²) in [6.07, 6.45) is 8.38. The van der Waals surface area contributed by atoms with Gasteiger partial charge in [-0.25, -0.2) is 9.78 Å². The number of ether oxygens (including phenoxy) is 1. The molecule has 1 fully saturated rings. The zero-order chi connectivity index (χ0) is 21.5. The van der Waals surface area contributed by atoms with E-state index in [-0.39, 0.29) is 11.6 Å². The standard InChI is InChI=1S/C22H34N6O2/c1-16(2)28-14-17(12-25-28)13-27-9-6-18-19(24-15-23-18)22(27)7-10-26(11-8-22)20(29)30-21(3,4)5/h12,14-16H,6-11,13H2,1-5H3,(H,23,24). The first kappa shape index (κ1) is 20.9. The minimum Gasteiger partial charge on any atom is -0.444 e. The van der Waals surface area contributed by atoms with Crippen molar-refractivity contribution in [1.29, 1.82) is 0 Å². The Balaban J connectivity index is 1.54. The average Bonchev–Trinajstić information content (AvgIpc) is 3.33. The zero-order valence-electron chi connectivity index (χ0n) is 18.8. The number of H-pyrrole nitrogens is 1. The average molecular weight is 415 g/mol. The fourth-order valence-corrected chi connectivity index (χ4v) is 4.65. The minimum atomic E-state index is -0.477. The van der Waals surface area contributed by atoms with Gasteiger partial charge in [-0.3, -0.25) is 9.58 Å². The fourth-order valence-electron chi connectivity index (χ4n) is 4.65. The lowest BCUT2D eigenvalue weighted by atomic mass is 9.78. The third kappa shape index (κ3) is 3.97. The number of piperidine rings is 1. The number of imidazole rings is 1. The molecule has 1 saturated heterocycles. The van der Waals surface area contributed by atoms with Crippen LogP contribution in [0.4, 0.5) is 4.79 Å². The molecule has 164 valence electrons. The van der Waals surface area contributed by atoms with Crippen LogP contribution in [0, 0.1) is 0 Å². The molecule has 4 heterocycles. The van der Waals surface area contributed by atoms with E-state index in [0.717, 1.165) is 38.0 Å². The van der Waals surface area contributed by atoms with Gasteiger partial charge in [0.1, 0.15) is 5.60 Å². The van der Waals surface area contributed by atoms with Crippen LogP contribution in [0.3, 0.4) is 0 Å². The Kier molecular flexibility index (Phi) is 5.38. The smallest absolute Gasteiger partial charge is 0.410 e. The predicted molar refractivity (Wildman–Crippen MR) is 114 cm³/mol. The van der Waals surface area contributed by atoms with Crippen LogP contribution < -0.4 is 0 Å². The van der Waals surface area contributed by atoms with Gasteiger partial charge in [-0.1, -0.05) is 0 Å². The molecule has 30 heavy (non-hydrogen) atoms. The monoisotopic (exact) mass is 414 g/mol. The molecule has 0 aliphatic carbocycles. The van der Waals surface area contributed by atoms with Gasteiger partial charge in [0.15, 0.2) is 0 Å². The Morgan fingerprint density at radius 2 is 2.00 bits per heavy atom. The van der Waals surface area contributed by atoms with E-state index in [2.05, 4.69) is 35.0 Å². The molecule has 0 saturated carbocycles. The van der Waals surface area contributed by atoms with E-state index in [9.17, 15) is 4.79 Å². The number of likely N-dealkylation sites (tertiary alicyclic amines) is 1. The molecule has 4 rings (SSSR count). The summed E-state index contributed by atoms with van der Waals surface area (Å²) in [6.45, 7) is 13.2. The molecule has 0 bridgehead atoms. The van der Waals surface area contributed by atoms with Gasteiger partial charge in [-0.2, -0.15) is 5.10 Å². The summed E-state index contributed by atoms with van der Waals surface area (Å²) in [5.74, 6) is 0. The number of nitrogens with zero attached hydrogens (tertiary/aromatic N) is 5. The molecule has 0 atom stereocenters. The minimum absolute atomic E-state index is 0.161. The van der Waals surface area contributed by atoms with Crippen LogP contribution in [0.5, 0.6) is 0 Å². The Morgan fingerprint density at radius 1 is 1.27 bits per heavy atom. The Bertz CT molecular complexity index is 886. The molecule has 8 heteroatoms. The molecule has 1 N–H and O–H groups in total. The Hall–Kier alpha value is -2.35. The fraction of sp³-hybridized carbons (Fsp3) is 0.682. The molecule has 8 nitrogen and oxygen atoms in total. The number of fused-ring (bicyclic) bond motifs is 2. The van der Waals surface area contributed by atoms with Gasteiger partial charge < -0.3 is 14.6 Å². The third-order valence-corrected chi connectivity index (χ3v) is 6.20. The summed E-state index contributed by atoms with van der Waals surface area (Å²) in [7, 11) is 0. The van der Waals surface area contributed by atoms with Crippen molar-refractivity contribution in [2.24, 2.45) is 0 Å². The van der Waals surface area contributed by atoms with Crippen LogP contribution in [-0.2, 0) is 23.2 Å². The zero-order valence-corrected chi connectivity index (χ0v) is 18.8. The maximum Gasteiger partial charge on any atom is 0.410 e. The Morgan fingerprint density at radius 3 is 2.63 bits per heavy atom. The van der Waals surface area contributed by atoms with Crippen molar-refractivity contribution >= 4 is 6.09 Å². The summed E-state index contributed by atoms with van der Waals surface area (Å²) >= 11 is 0. The molecule has 1 spiro atoms. The van der Waals surface area contributed by atoms with Crippen LogP contribution in [0.25, 0.3) is 0 Å². The molecule has 1 amide bonds. The number of carbonyl (C=O) groups excluding carboxylic acids is 1. The van der Waals surface area contributed by atoms with Crippen LogP contribution in [-0.4, -0.2) is 60.9 Å². The number of nitrogens with one attached hydrogen (secondary N) is 1. The third-order valence-electron chi connectivity index (χ3n) is 6.20. The summed E-state index contributed by atoms with van der Waals surface area (Å²) in [5.41, 5.74) is 2.96. The maximum atomic E-state index is 12.6. The van der Waals surface area contributed by atoms with Gasteiger partial charge in [0, 0.05) is 56.1 Å². The maximum absolute atomic E-state index is 12.6. The van der Waals surface area contributed by atoms with E-state index in [1.54, 1.807) is 0 Å². The highest BCUT2D eigenvalue weighted by molar-refractivity contribution is 5.68. The second-order valence-electron chi connectivity index (χ2n) is 9.82. The SMILES string of the molecule is CC(C)n1cc(CN2CCc3[nH]cnc3C23CCN(C(=O)OC(C)(C)C)CC3)cn1. The van der Waals surface area contributed by atoms with Gasteiger partial charge >= 0.3 is 6.09 Å². The second kappa shape index (κ2) is 7.72. The normalized spacial score (nSPS) is 19.3. The first-order valence-electron chi connectivity index (χ1n) is 11.0. The lowest BCUT2D eigenvalue weighted by molar-refractivity contribution is -0.0184. The van der Waals surface area contributed by atoms with Crippen molar-refractivity contribution in [3.05, 3.63) is 35.7 Å². The number of carbonyl (C=O) groups is 1. The summed E-state index contributed by atoms with van der Waals surface area (Å²) in [4.78, 5) is 25.0. The summed E-state index contributed by atoms with van der Waals surface area (Å²) in [6, 6.07) is 0.351. The molecule has 0 radical (unpaired) electrons. The lowest BCUT2D eigenvalue weighted by Gasteiger charge is -2.50. The van der Waals surface area contributed by atoms with Crippen molar-refractivity contribution in [2.75, 3.05) is 19.6 Å². The number of aromatic nitrogens is 4. The molecule has 2 aromatic heterocycles. The van der Waals surface area contributed by atoms with Crippen LogP contribution in [0.2, 0.25) is 0 Å². The predicted octanol–water partition coefficient (Wildman–Crippen LogP) is 3.47. The van der Waals surface area contributed by atoms with Crippen LogP contribution >= 0.6 is 0 Å². The quantitative estimate of drug-likeness (QED) is 0.832. The van der Waals surface area contributed by atoms with E-state index < -0.39 is 5.60 Å². The van der Waals surface area contributed by atoms with Crippen molar-refractivity contribution in [3.8, 4) is 0 Å². The molecule has 2 aliphatic heterocycles. The topological polar surface area (TPSA) is 79.3 Å². The highest BCUT2D eigenvalue weighted by Gasteiger charge is 2.47. The van der Waals surface area contributed by atoms with Crippen molar-refractivity contribution in [3.63, 3.8) is 0 Å². The van der Waals surface area contributed by atoms with Crippen LogP contribution in [0.1, 0.15) is 70.5 Å². The number of rotatable bonds is 3. The van der Waals surface area contributed by atoms with E-state index in [0.29, 0.717) is 19.1 Å². The largest absolute Gasteiger partial charge is 0.444 e. The highest BCUT2D eigenvalue weighted by Crippen LogP contribution is 2.43. The van der Waals surface area contributed by atoms with Crippen LogP contribution in [0.15, 0.2) is 18.7 Å². The molecule has 2 aliphatic rings. The summed E-state index contributed by atoms with van der Waals surface area (Å²) < 4.78 is 7.61. The highest BCUT2D eigenvalue weighted by atomic mass is 16.6. The molecular formula is C22H34N6O2. The molecule has 2 aromatic rings. The van der Waals surface area contributed by atoms with E-state index in [4.69, 9.17) is 9.72 Å². The lowest BCUT2D eigenvalue weighted by Crippen LogP contribution is -2.57. The molecular weight excluding hydrogens is 380 g/mol. The van der Waals surface area contributed by atoms with Gasteiger partial charge in [-0.05, 0) is 47.5 Å². The van der Waals surface area contributed by atoms with Gasteiger partial charge in [0.2, 0.25) is 0 Å². The first-order valence-corrected chi connectivity index (χ1v) is 11.0. The first-order chi connectivity index (χ1) is 14.2. The van der Waals surface area contributed by atoms with E-state index in [1.165, 1.54) is 11.3 Å². The van der Waals surface area contributed by atoms with E-state index >= 15 is 0 Å². The van der Waals surface area contributed by atoms with Crippen molar-refractivity contribution in [1.82, 2.24) is 29.5 Å². The van der Waals surface area contributed by atoms with Gasteiger partial charge in [-0.15, -0.1) is 0 Å². The summed E-state index contributed by atoms with van der Waals surface area (Å²) in [5, 5.41) is 4.52. The van der Waals surface area contributed by atoms with E-state index in [1.807, 2.05) is 42.9 Å². The van der Waals surface area contributed by atoms with Gasteiger partial charge in [0.05, 0.1) is 23.8 Å². The Labute approximate surface area is 178 Å². The molecule has 0 aromatic carbocycles. The van der Waals surface area contributed by atoms with Crippen molar-refractivity contribution < 1.29 is 9.53 Å². The molecule has 0 unspecified atom stereocenters. The number of hydrogen-bond acceptors (Lipinski definition) is 5. The van der Waals surface area contributed by atoms with Gasteiger partial charge in [0.25, 0.3) is 0 Å². The number of hydrogen-bond donors (Lipinski definition) is 1. The second-order valence-corrected chi connectivity index (χ2v) is 9.82. The number of amides is 1.